The van der Waals surface area contributed by atoms with Crippen molar-refractivity contribution in [1.82, 2.24) is 4.90 Å². The average molecular weight is 326 g/mol. The van der Waals surface area contributed by atoms with Crippen LogP contribution < -0.4 is 0 Å². The summed E-state index contributed by atoms with van der Waals surface area (Å²) >= 11 is 1.88. The third-order valence-electron chi connectivity index (χ3n) is 5.15. The molecule has 0 saturated heterocycles. The van der Waals surface area contributed by atoms with E-state index < -0.39 is 0 Å². The highest BCUT2D eigenvalue weighted by atomic mass is 32.2. The monoisotopic (exact) mass is 325 g/mol. The van der Waals surface area contributed by atoms with Gasteiger partial charge in [-0.3, -0.25) is 0 Å². The van der Waals surface area contributed by atoms with E-state index in [9.17, 15) is 0 Å². The van der Waals surface area contributed by atoms with Crippen molar-refractivity contribution < 1.29 is 0 Å². The van der Waals surface area contributed by atoms with Crippen molar-refractivity contribution in [2.24, 2.45) is 0 Å². The topological polar surface area (TPSA) is 3.24 Å². The molecule has 4 aliphatic carbocycles. The van der Waals surface area contributed by atoms with E-state index in [1.807, 2.05) is 11.8 Å². The van der Waals surface area contributed by atoms with Crippen molar-refractivity contribution >= 4 is 11.8 Å². The van der Waals surface area contributed by atoms with Crippen molar-refractivity contribution in [2.45, 2.75) is 43.5 Å². The van der Waals surface area contributed by atoms with Crippen molar-refractivity contribution in [3.05, 3.63) is 64.2 Å². The number of nitrogens with zero attached hydrogens (tertiary/aromatic N) is 1. The van der Waals surface area contributed by atoms with E-state index in [1.54, 1.807) is 0 Å². The van der Waals surface area contributed by atoms with Crippen molar-refractivity contribution in [1.29, 1.82) is 0 Å². The molecule has 4 aliphatic rings. The second-order valence-electron chi connectivity index (χ2n) is 6.82. The van der Waals surface area contributed by atoms with Crippen LogP contribution in [-0.4, -0.2) is 25.3 Å². The normalized spacial score (nSPS) is 15.5. The first-order valence-electron chi connectivity index (χ1n) is 8.52. The van der Waals surface area contributed by atoms with Gasteiger partial charge in [0.2, 0.25) is 0 Å². The van der Waals surface area contributed by atoms with Gasteiger partial charge in [-0.1, -0.05) is 30.3 Å². The lowest BCUT2D eigenvalue weighted by molar-refractivity contribution is 0.319. The van der Waals surface area contributed by atoms with Crippen molar-refractivity contribution in [2.75, 3.05) is 20.4 Å². The van der Waals surface area contributed by atoms with Crippen LogP contribution >= 0.6 is 11.8 Å². The SMILES string of the molecule is CSc1cc2ccc1CCc1ccc(c([C@H](C)N(C)C)c1)CC2. The zero-order valence-corrected chi connectivity index (χ0v) is 15.5. The smallest absolute Gasteiger partial charge is 0.0316 e. The van der Waals surface area contributed by atoms with Gasteiger partial charge in [-0.05, 0) is 86.8 Å². The molecule has 122 valence electrons. The maximum atomic E-state index is 2.45. The quantitative estimate of drug-likeness (QED) is 0.737. The Labute approximate surface area is 145 Å². The summed E-state index contributed by atoms with van der Waals surface area (Å²) in [4.78, 5) is 3.77. The first-order valence-corrected chi connectivity index (χ1v) is 9.75. The summed E-state index contributed by atoms with van der Waals surface area (Å²) in [7, 11) is 4.35. The van der Waals surface area contributed by atoms with Crippen LogP contribution in [0.2, 0.25) is 0 Å². The lowest BCUT2D eigenvalue weighted by atomic mass is 9.90. The molecule has 0 saturated carbocycles. The second-order valence-corrected chi connectivity index (χ2v) is 7.67. The van der Waals surface area contributed by atoms with Crippen LogP contribution in [0.3, 0.4) is 0 Å². The number of thioether (sulfide) groups is 1. The summed E-state index contributed by atoms with van der Waals surface area (Å²) in [5.41, 5.74) is 7.44. The van der Waals surface area contributed by atoms with E-state index in [0.717, 1.165) is 25.7 Å². The van der Waals surface area contributed by atoms with Gasteiger partial charge in [-0.15, -0.1) is 11.8 Å². The molecule has 0 aliphatic heterocycles. The molecular formula is C21H27NS. The standard InChI is InChI=1S/C21H27NS/c1-15(22(2)3)20-13-16-5-9-18(20)10-6-17-8-12-19(11-7-16)21(14-17)23-4/h5,8-9,12-15H,6-7,10-11H2,1-4H3/t15-/m0/s1. The third kappa shape index (κ3) is 3.64. The molecule has 2 aromatic rings. The van der Waals surface area contributed by atoms with Crippen molar-refractivity contribution in [3.8, 4) is 0 Å². The van der Waals surface area contributed by atoms with Gasteiger partial charge < -0.3 is 4.90 Å². The molecule has 0 aromatic heterocycles. The number of rotatable bonds is 3. The number of aryl methyl sites for hydroxylation is 4. The average Bonchev–Trinajstić information content (AvgIpc) is 2.55. The minimum atomic E-state index is 0.468. The van der Waals surface area contributed by atoms with E-state index in [4.69, 9.17) is 0 Å². The summed E-state index contributed by atoms with van der Waals surface area (Å²) in [5.74, 6) is 0. The Morgan fingerprint density at radius 3 is 2.13 bits per heavy atom. The van der Waals surface area contributed by atoms with Gasteiger partial charge in [0, 0.05) is 10.9 Å². The maximum Gasteiger partial charge on any atom is 0.0316 e. The summed E-state index contributed by atoms with van der Waals surface area (Å²) in [5, 5.41) is 0. The lowest BCUT2D eigenvalue weighted by Gasteiger charge is -2.24. The predicted molar refractivity (Wildman–Crippen MR) is 102 cm³/mol. The van der Waals surface area contributed by atoms with Crippen LogP contribution in [0.1, 0.15) is 40.8 Å². The minimum Gasteiger partial charge on any atom is -0.303 e. The highest BCUT2D eigenvalue weighted by Gasteiger charge is 2.15. The fraction of sp³-hybridized carbons (Fsp3) is 0.429. The van der Waals surface area contributed by atoms with Gasteiger partial charge in [-0.2, -0.15) is 0 Å². The van der Waals surface area contributed by atoms with Gasteiger partial charge in [0.25, 0.3) is 0 Å². The molecule has 0 fully saturated rings. The molecule has 6 rings (SSSR count). The van der Waals surface area contributed by atoms with Crippen LogP contribution in [0.15, 0.2) is 41.3 Å². The Bertz CT molecular complexity index is 690. The molecule has 4 bridgehead atoms. The molecule has 1 nitrogen and oxygen atoms in total. The molecule has 2 aromatic carbocycles. The van der Waals surface area contributed by atoms with Crippen LogP contribution in [0.25, 0.3) is 0 Å². The Morgan fingerprint density at radius 2 is 1.48 bits per heavy atom. The van der Waals surface area contributed by atoms with Crippen LogP contribution in [0.5, 0.6) is 0 Å². The van der Waals surface area contributed by atoms with Gasteiger partial charge >= 0.3 is 0 Å². The molecule has 1 atom stereocenters. The van der Waals surface area contributed by atoms with E-state index in [2.05, 4.69) is 68.6 Å². The molecule has 0 N–H and O–H groups in total. The van der Waals surface area contributed by atoms with Crippen LogP contribution in [0, 0.1) is 0 Å². The molecule has 0 heterocycles. The summed E-state index contributed by atoms with van der Waals surface area (Å²) in [6.07, 6.45) is 6.70. The van der Waals surface area contributed by atoms with Crippen molar-refractivity contribution in [3.63, 3.8) is 0 Å². The van der Waals surface area contributed by atoms with E-state index >= 15 is 0 Å². The fourth-order valence-electron chi connectivity index (χ4n) is 3.40. The Hall–Kier alpha value is -1.25. The first-order chi connectivity index (χ1) is 11.1. The predicted octanol–water partition coefficient (Wildman–Crippen LogP) is 4.91. The highest BCUT2D eigenvalue weighted by molar-refractivity contribution is 7.98. The Kier molecular flexibility index (Phi) is 5.13. The first kappa shape index (κ1) is 16.6. The second kappa shape index (κ2) is 7.11. The number of hydrogen-bond donors (Lipinski definition) is 0. The maximum absolute atomic E-state index is 2.45. The lowest BCUT2D eigenvalue weighted by Crippen LogP contribution is -2.19. The minimum absolute atomic E-state index is 0.468. The number of benzene rings is 2. The van der Waals surface area contributed by atoms with Gasteiger partial charge in [-0.25, -0.2) is 0 Å². The third-order valence-corrected chi connectivity index (χ3v) is 5.97. The van der Waals surface area contributed by atoms with Gasteiger partial charge in [0.05, 0.1) is 0 Å². The largest absolute Gasteiger partial charge is 0.303 e. The summed E-state index contributed by atoms with van der Waals surface area (Å²) in [6.45, 7) is 2.31. The molecule has 0 radical (unpaired) electrons. The Morgan fingerprint density at radius 1 is 0.870 bits per heavy atom. The molecule has 2 heteroatoms. The Balaban J connectivity index is 2.00. The van der Waals surface area contributed by atoms with E-state index in [0.29, 0.717) is 6.04 Å². The molecular weight excluding hydrogens is 298 g/mol. The summed E-state index contributed by atoms with van der Waals surface area (Å²) in [6, 6.07) is 14.7. The fourth-order valence-corrected chi connectivity index (χ4v) is 4.11. The zero-order valence-electron chi connectivity index (χ0n) is 14.7. The zero-order chi connectivity index (χ0) is 16.4. The number of hydrogen-bond acceptors (Lipinski definition) is 2. The molecule has 0 unspecified atom stereocenters. The van der Waals surface area contributed by atoms with Crippen LogP contribution in [-0.2, 0) is 25.7 Å². The van der Waals surface area contributed by atoms with Crippen LogP contribution in [0.4, 0.5) is 0 Å². The summed E-state index contributed by atoms with van der Waals surface area (Å²) < 4.78 is 0. The van der Waals surface area contributed by atoms with Gasteiger partial charge in [0.15, 0.2) is 0 Å². The highest BCUT2D eigenvalue weighted by Crippen LogP contribution is 2.29. The molecule has 0 spiro atoms. The molecule has 0 amide bonds. The van der Waals surface area contributed by atoms with E-state index in [1.165, 1.54) is 32.7 Å². The van der Waals surface area contributed by atoms with Gasteiger partial charge in [0.1, 0.15) is 0 Å². The molecule has 23 heavy (non-hydrogen) atoms. The van der Waals surface area contributed by atoms with E-state index in [-0.39, 0.29) is 0 Å².